The van der Waals surface area contributed by atoms with Crippen LogP contribution in [0.15, 0.2) is 12.3 Å². The Labute approximate surface area is 141 Å². The van der Waals surface area contributed by atoms with Crippen molar-refractivity contribution in [3.8, 4) is 0 Å². The van der Waals surface area contributed by atoms with Gasteiger partial charge in [-0.1, -0.05) is 91.6 Å². The van der Waals surface area contributed by atoms with Crippen molar-refractivity contribution in [2.75, 3.05) is 13.1 Å². The summed E-state index contributed by atoms with van der Waals surface area (Å²) in [7, 11) is 0. The van der Waals surface area contributed by atoms with Crippen LogP contribution in [-0.4, -0.2) is 18.0 Å². The van der Waals surface area contributed by atoms with E-state index in [1.165, 1.54) is 109 Å². The largest absolute Gasteiger partial charge is 0.375 e. The van der Waals surface area contributed by atoms with Gasteiger partial charge in [0, 0.05) is 18.8 Å². The molecule has 132 valence electrons. The standard InChI is InChI=1S/C21H43N/c1-5-8-9-10-11-12-13-14-15-16-17-18-21(4)22(19-6-2)20-7-3/h4-20H2,1-3H3. The van der Waals surface area contributed by atoms with Crippen LogP contribution in [-0.2, 0) is 0 Å². The minimum atomic E-state index is 1.19. The molecule has 0 aliphatic rings. The Morgan fingerprint density at radius 1 is 0.591 bits per heavy atom. The molecule has 0 radical (unpaired) electrons. The number of allylic oxidation sites excluding steroid dienone is 1. The summed E-state index contributed by atoms with van der Waals surface area (Å²) in [6.07, 6.45) is 19.3. The van der Waals surface area contributed by atoms with Crippen molar-refractivity contribution in [2.24, 2.45) is 0 Å². The fraction of sp³-hybridized carbons (Fsp3) is 0.905. The maximum absolute atomic E-state index is 4.30. The van der Waals surface area contributed by atoms with Gasteiger partial charge in [-0.3, -0.25) is 0 Å². The van der Waals surface area contributed by atoms with Gasteiger partial charge in [-0.25, -0.2) is 0 Å². The number of hydrogen-bond donors (Lipinski definition) is 0. The summed E-state index contributed by atoms with van der Waals surface area (Å²) in [6.45, 7) is 13.5. The lowest BCUT2D eigenvalue weighted by atomic mass is 10.0. The third-order valence-electron chi connectivity index (χ3n) is 4.50. The van der Waals surface area contributed by atoms with Crippen molar-refractivity contribution in [3.05, 3.63) is 12.3 Å². The molecule has 0 aromatic carbocycles. The third kappa shape index (κ3) is 13.2. The lowest BCUT2D eigenvalue weighted by Gasteiger charge is -2.26. The van der Waals surface area contributed by atoms with E-state index < -0.39 is 0 Å². The summed E-state index contributed by atoms with van der Waals surface area (Å²) in [5, 5.41) is 0. The van der Waals surface area contributed by atoms with Crippen LogP contribution >= 0.6 is 0 Å². The van der Waals surface area contributed by atoms with Gasteiger partial charge in [0.05, 0.1) is 0 Å². The molecule has 0 aromatic rings. The van der Waals surface area contributed by atoms with Gasteiger partial charge in [-0.2, -0.15) is 0 Å². The fourth-order valence-electron chi connectivity index (χ4n) is 3.12. The van der Waals surface area contributed by atoms with Crippen LogP contribution in [0.2, 0.25) is 0 Å². The van der Waals surface area contributed by atoms with Crippen molar-refractivity contribution < 1.29 is 0 Å². The molecular weight excluding hydrogens is 266 g/mol. The minimum Gasteiger partial charge on any atom is -0.375 e. The van der Waals surface area contributed by atoms with E-state index in [9.17, 15) is 0 Å². The molecule has 0 saturated heterocycles. The number of nitrogens with zero attached hydrogens (tertiary/aromatic N) is 1. The zero-order chi connectivity index (χ0) is 16.5. The van der Waals surface area contributed by atoms with Crippen molar-refractivity contribution in [1.29, 1.82) is 0 Å². The van der Waals surface area contributed by atoms with Crippen molar-refractivity contribution in [2.45, 2.75) is 111 Å². The maximum Gasteiger partial charge on any atom is 0.0172 e. The average molecular weight is 310 g/mol. The van der Waals surface area contributed by atoms with E-state index in [1.807, 2.05) is 0 Å². The summed E-state index contributed by atoms with van der Waals surface area (Å²) < 4.78 is 0. The van der Waals surface area contributed by atoms with Crippen LogP contribution in [0.25, 0.3) is 0 Å². The molecule has 0 N–H and O–H groups in total. The molecule has 0 aromatic heterocycles. The summed E-state index contributed by atoms with van der Waals surface area (Å²) in [5.74, 6) is 0. The molecule has 22 heavy (non-hydrogen) atoms. The summed E-state index contributed by atoms with van der Waals surface area (Å²) in [5.41, 5.74) is 1.37. The molecule has 0 aliphatic carbocycles. The molecule has 0 heterocycles. The first-order chi connectivity index (χ1) is 10.8. The molecule has 0 rings (SSSR count). The quantitative estimate of drug-likeness (QED) is 0.254. The average Bonchev–Trinajstić information content (AvgIpc) is 2.52. The van der Waals surface area contributed by atoms with Gasteiger partial charge < -0.3 is 4.90 Å². The van der Waals surface area contributed by atoms with Crippen molar-refractivity contribution >= 4 is 0 Å². The maximum atomic E-state index is 4.30. The van der Waals surface area contributed by atoms with Crippen LogP contribution in [0.5, 0.6) is 0 Å². The Morgan fingerprint density at radius 2 is 1.00 bits per heavy atom. The van der Waals surface area contributed by atoms with Gasteiger partial charge in [0.1, 0.15) is 0 Å². The predicted octanol–water partition coefficient (Wildman–Crippen LogP) is 7.32. The Balaban J connectivity index is 3.39. The summed E-state index contributed by atoms with van der Waals surface area (Å²) in [4.78, 5) is 2.50. The van der Waals surface area contributed by atoms with E-state index in [1.54, 1.807) is 0 Å². The van der Waals surface area contributed by atoms with Gasteiger partial charge in [-0.15, -0.1) is 0 Å². The van der Waals surface area contributed by atoms with Crippen LogP contribution in [0, 0.1) is 0 Å². The molecule has 0 saturated carbocycles. The lowest BCUT2D eigenvalue weighted by Crippen LogP contribution is -2.24. The molecule has 1 nitrogen and oxygen atoms in total. The van der Waals surface area contributed by atoms with E-state index in [0.29, 0.717) is 0 Å². The van der Waals surface area contributed by atoms with Gasteiger partial charge >= 0.3 is 0 Å². The van der Waals surface area contributed by atoms with E-state index in [-0.39, 0.29) is 0 Å². The topological polar surface area (TPSA) is 3.24 Å². The van der Waals surface area contributed by atoms with Crippen LogP contribution < -0.4 is 0 Å². The highest BCUT2D eigenvalue weighted by Crippen LogP contribution is 2.15. The molecule has 0 amide bonds. The molecule has 0 fully saturated rings. The van der Waals surface area contributed by atoms with Gasteiger partial charge in [0.25, 0.3) is 0 Å². The van der Waals surface area contributed by atoms with E-state index in [0.717, 1.165) is 0 Å². The Bertz CT molecular complexity index is 228. The Morgan fingerprint density at radius 3 is 1.41 bits per heavy atom. The second kappa shape index (κ2) is 16.9. The van der Waals surface area contributed by atoms with E-state index >= 15 is 0 Å². The fourth-order valence-corrected chi connectivity index (χ4v) is 3.12. The first kappa shape index (κ1) is 21.5. The second-order valence-electron chi connectivity index (χ2n) is 6.84. The van der Waals surface area contributed by atoms with Gasteiger partial charge in [-0.05, 0) is 25.7 Å². The predicted molar refractivity (Wildman–Crippen MR) is 102 cm³/mol. The zero-order valence-electron chi connectivity index (χ0n) is 16.0. The molecule has 0 unspecified atom stereocenters. The Hall–Kier alpha value is -0.460. The highest BCUT2D eigenvalue weighted by atomic mass is 15.1. The summed E-state index contributed by atoms with van der Waals surface area (Å²) >= 11 is 0. The van der Waals surface area contributed by atoms with E-state index in [4.69, 9.17) is 0 Å². The molecule has 1 heteroatoms. The molecule has 0 atom stereocenters. The second-order valence-corrected chi connectivity index (χ2v) is 6.84. The normalized spacial score (nSPS) is 10.9. The summed E-state index contributed by atoms with van der Waals surface area (Å²) in [6, 6.07) is 0. The Kier molecular flexibility index (Phi) is 16.5. The SMILES string of the molecule is C=C(CCCCCCCCCCCCC)N(CCC)CCC. The number of hydrogen-bond acceptors (Lipinski definition) is 1. The van der Waals surface area contributed by atoms with Crippen molar-refractivity contribution in [3.63, 3.8) is 0 Å². The number of unbranched alkanes of at least 4 members (excludes halogenated alkanes) is 10. The van der Waals surface area contributed by atoms with Crippen LogP contribution in [0.4, 0.5) is 0 Å². The van der Waals surface area contributed by atoms with Gasteiger partial charge in [0.15, 0.2) is 0 Å². The van der Waals surface area contributed by atoms with Crippen molar-refractivity contribution in [1.82, 2.24) is 4.90 Å². The zero-order valence-corrected chi connectivity index (χ0v) is 16.0. The third-order valence-corrected chi connectivity index (χ3v) is 4.50. The minimum absolute atomic E-state index is 1.19. The van der Waals surface area contributed by atoms with Gasteiger partial charge in [0.2, 0.25) is 0 Å². The first-order valence-electron chi connectivity index (χ1n) is 10.2. The van der Waals surface area contributed by atoms with E-state index in [2.05, 4.69) is 32.3 Å². The highest BCUT2D eigenvalue weighted by molar-refractivity contribution is 4.93. The molecule has 0 bridgehead atoms. The lowest BCUT2D eigenvalue weighted by molar-refractivity contribution is 0.330. The monoisotopic (exact) mass is 309 g/mol. The van der Waals surface area contributed by atoms with Crippen LogP contribution in [0.3, 0.4) is 0 Å². The van der Waals surface area contributed by atoms with Crippen LogP contribution in [0.1, 0.15) is 111 Å². The first-order valence-corrected chi connectivity index (χ1v) is 10.2. The molecular formula is C21H43N. The molecule has 0 spiro atoms. The smallest absolute Gasteiger partial charge is 0.0172 e. The molecule has 0 aliphatic heterocycles. The highest BCUT2D eigenvalue weighted by Gasteiger charge is 2.05. The number of rotatable bonds is 17.